The summed E-state index contributed by atoms with van der Waals surface area (Å²) in [5, 5.41) is 16.4. The monoisotopic (exact) mass is 795 g/mol. The predicted octanol–water partition coefficient (Wildman–Crippen LogP) is 8.53. The van der Waals surface area contributed by atoms with Gasteiger partial charge in [0, 0.05) is 33.2 Å². The normalized spacial score (nSPS) is 13.8. The molecule has 3 N–H and O–H groups in total. The summed E-state index contributed by atoms with van der Waals surface area (Å²) < 4.78 is 81.7. The molecule has 0 unspecified atom stereocenters. The van der Waals surface area contributed by atoms with E-state index in [1.807, 2.05) is 12.3 Å². The Morgan fingerprint density at radius 1 is 0.904 bits per heavy atom. The van der Waals surface area contributed by atoms with Crippen molar-refractivity contribution in [3.8, 4) is 6.07 Å². The second-order valence-electron chi connectivity index (χ2n) is 12.0. The van der Waals surface area contributed by atoms with Crippen LogP contribution in [0.4, 0.5) is 37.2 Å². The molecule has 272 valence electrons. The van der Waals surface area contributed by atoms with Gasteiger partial charge < -0.3 is 5.73 Å². The highest BCUT2D eigenvalue weighted by molar-refractivity contribution is 8.00. The van der Waals surface area contributed by atoms with E-state index in [1.165, 1.54) is 22.7 Å². The molecule has 2 aliphatic carbocycles. The number of thiazole rings is 2. The molecule has 5 aromatic rings. The van der Waals surface area contributed by atoms with E-state index in [4.69, 9.17) is 5.73 Å². The van der Waals surface area contributed by atoms with Crippen molar-refractivity contribution in [3.05, 3.63) is 71.2 Å². The summed E-state index contributed by atoms with van der Waals surface area (Å²) >= 11 is 4.39. The first-order valence-corrected chi connectivity index (χ1v) is 19.2. The minimum Gasteiger partial charge on any atom is -0.397 e. The fourth-order valence-corrected chi connectivity index (χ4v) is 9.49. The molecule has 1 amide bonds. The molecule has 9 nitrogen and oxygen atoms in total. The number of aryl methyl sites for hydroxylation is 4. The number of nitrogen functional groups attached to an aromatic ring is 1. The van der Waals surface area contributed by atoms with Crippen molar-refractivity contribution in [3.63, 3.8) is 0 Å². The van der Waals surface area contributed by atoms with Crippen molar-refractivity contribution in [1.82, 2.24) is 19.9 Å². The molecule has 0 spiro atoms. The van der Waals surface area contributed by atoms with Gasteiger partial charge in [0.05, 0.1) is 40.2 Å². The summed E-state index contributed by atoms with van der Waals surface area (Å²) in [6, 6.07) is 1.65. The van der Waals surface area contributed by atoms with Gasteiger partial charge in [0.15, 0.2) is 5.13 Å². The molecule has 19 heteroatoms. The van der Waals surface area contributed by atoms with Crippen LogP contribution in [0.2, 0.25) is 0 Å². The first kappa shape index (κ1) is 37.6. The first-order chi connectivity index (χ1) is 24.5. The van der Waals surface area contributed by atoms with Gasteiger partial charge in [0.2, 0.25) is 0 Å². The molecule has 0 fully saturated rings. The zero-order valence-electron chi connectivity index (χ0n) is 27.3. The van der Waals surface area contributed by atoms with Crippen molar-refractivity contribution < 1.29 is 35.9 Å². The number of hydrogen-bond donors (Lipinski definition) is 2. The van der Waals surface area contributed by atoms with Crippen molar-refractivity contribution in [2.75, 3.05) is 16.8 Å². The highest BCUT2D eigenvalue weighted by Crippen LogP contribution is 2.46. The summed E-state index contributed by atoms with van der Waals surface area (Å²) in [6.45, 7) is 3.60. The van der Waals surface area contributed by atoms with Crippen LogP contribution in [0.5, 0.6) is 0 Å². The van der Waals surface area contributed by atoms with Gasteiger partial charge in [-0.1, -0.05) is 11.8 Å². The van der Waals surface area contributed by atoms with Gasteiger partial charge >= 0.3 is 12.4 Å². The number of ketones is 1. The largest absolute Gasteiger partial charge is 0.418 e. The van der Waals surface area contributed by atoms with Crippen LogP contribution in [0, 0.1) is 25.2 Å². The summed E-state index contributed by atoms with van der Waals surface area (Å²) in [5.74, 6) is -0.784. The average molecular weight is 796 g/mol. The smallest absolute Gasteiger partial charge is 0.397 e. The number of anilines is 2. The third-order valence-corrected chi connectivity index (χ3v) is 12.2. The van der Waals surface area contributed by atoms with Crippen LogP contribution in [0.15, 0.2) is 15.8 Å². The Morgan fingerprint density at radius 3 is 2.10 bits per heavy atom. The maximum atomic E-state index is 13.7. The predicted molar refractivity (Wildman–Crippen MR) is 188 cm³/mol. The van der Waals surface area contributed by atoms with Crippen LogP contribution in [-0.2, 0) is 49.3 Å². The van der Waals surface area contributed by atoms with Crippen LogP contribution >= 0.6 is 45.8 Å². The zero-order valence-corrected chi connectivity index (χ0v) is 30.6. The van der Waals surface area contributed by atoms with Crippen LogP contribution < -0.4 is 11.1 Å². The third kappa shape index (κ3) is 7.80. The fraction of sp³-hybridized carbons (Fsp3) is 0.364. The van der Waals surface area contributed by atoms with E-state index in [-0.39, 0.29) is 61.3 Å². The molecule has 0 atom stereocenters. The van der Waals surface area contributed by atoms with Gasteiger partial charge in [0.1, 0.15) is 31.6 Å². The van der Waals surface area contributed by atoms with Crippen LogP contribution in [0.1, 0.15) is 78.1 Å². The van der Waals surface area contributed by atoms with Gasteiger partial charge in [-0.3, -0.25) is 14.9 Å². The second kappa shape index (κ2) is 14.7. The number of fused-ring (bicyclic) bond motifs is 3. The van der Waals surface area contributed by atoms with E-state index < -0.39 is 35.0 Å². The Balaban J connectivity index is 0.000000179. The molecule has 0 saturated carbocycles. The third-order valence-electron chi connectivity index (χ3n) is 8.20. The number of nitrogens with zero attached hydrogens (tertiary/aromatic N) is 5. The number of amides is 1. The van der Waals surface area contributed by atoms with Crippen LogP contribution in [0.3, 0.4) is 0 Å². The lowest BCUT2D eigenvalue weighted by atomic mass is 10.0. The number of nitriles is 1. The summed E-state index contributed by atoms with van der Waals surface area (Å²) in [5.41, 5.74) is 6.46. The van der Waals surface area contributed by atoms with Crippen molar-refractivity contribution in [2.45, 2.75) is 76.2 Å². The molecular formula is C33H27F6N7O2S4. The second-order valence-corrected chi connectivity index (χ2v) is 15.7. The molecule has 0 bridgehead atoms. The SMILES string of the molecule is Cc1csc(CC(=O)CSc2nc3c(c(C(F)(F)F)c2C#N)CCC3)n1.Cc1csc(NC(=O)c2sc3nc4c(c(C(F)(F)F)c3c2N)CCC4)n1. The van der Waals surface area contributed by atoms with Gasteiger partial charge in [0.25, 0.3) is 5.91 Å². The lowest BCUT2D eigenvalue weighted by Crippen LogP contribution is -2.15. The van der Waals surface area contributed by atoms with Crippen molar-refractivity contribution in [2.24, 2.45) is 0 Å². The molecule has 0 aliphatic heterocycles. The maximum absolute atomic E-state index is 13.7. The van der Waals surface area contributed by atoms with E-state index in [0.29, 0.717) is 53.6 Å². The lowest BCUT2D eigenvalue weighted by molar-refractivity contribution is -0.139. The Labute approximate surface area is 308 Å². The molecule has 5 aromatic heterocycles. The quantitative estimate of drug-likeness (QED) is 0.122. The number of pyridine rings is 2. The first-order valence-electron chi connectivity index (χ1n) is 15.7. The highest BCUT2D eigenvalue weighted by Gasteiger charge is 2.41. The Bertz CT molecular complexity index is 2250. The van der Waals surface area contributed by atoms with E-state index in [9.17, 15) is 41.2 Å². The topological polar surface area (TPSA) is 148 Å². The Morgan fingerprint density at radius 2 is 1.52 bits per heavy atom. The van der Waals surface area contributed by atoms with E-state index in [0.717, 1.165) is 34.5 Å². The number of aromatic nitrogens is 4. The summed E-state index contributed by atoms with van der Waals surface area (Å²) in [6.07, 6.45) is -6.24. The molecule has 52 heavy (non-hydrogen) atoms. The average Bonchev–Trinajstić information content (AvgIpc) is 3.91. The molecule has 0 aromatic carbocycles. The Hall–Kier alpha value is -4.12. The lowest BCUT2D eigenvalue weighted by Gasteiger charge is -2.16. The minimum atomic E-state index is -4.61. The summed E-state index contributed by atoms with van der Waals surface area (Å²) in [4.78, 5) is 41.7. The number of rotatable bonds is 7. The molecule has 2 aliphatic rings. The van der Waals surface area contributed by atoms with E-state index >= 15 is 0 Å². The molecular weight excluding hydrogens is 769 g/mol. The standard InChI is InChI=1S/C17H14F3N3OS2.C16H13F3N4OS2/c1-9-7-25-14(22-9)5-10(24)8-26-16-12(6-21)15(17(18,19)20)11-3-2-4-13(11)23-16;1-6-5-25-15(21-6)23-13(24)12-11(20)9-10(16(17,18)19)7-3-2-4-8(7)22-14(9)26-12/h7H,2-5,8H2,1H3;5H,2-4,20H2,1H3,(H,21,23,24). The van der Waals surface area contributed by atoms with Gasteiger partial charge in [-0.25, -0.2) is 19.9 Å². The zero-order chi connectivity index (χ0) is 37.5. The maximum Gasteiger partial charge on any atom is 0.418 e. The fourth-order valence-electron chi connectivity index (χ4n) is 6.12. The number of hydrogen-bond acceptors (Lipinski definition) is 12. The number of nitrogens with one attached hydrogen (secondary N) is 1. The van der Waals surface area contributed by atoms with Gasteiger partial charge in [-0.05, 0) is 63.5 Å². The minimum absolute atomic E-state index is 0.0101. The number of thioether (sulfide) groups is 1. The molecule has 7 rings (SSSR count). The number of Topliss-reactive ketones (excluding diaryl/α,β-unsaturated/α-hetero) is 1. The van der Waals surface area contributed by atoms with E-state index in [2.05, 4.69) is 25.3 Å². The number of carbonyl (C=O) groups is 2. The van der Waals surface area contributed by atoms with Crippen LogP contribution in [0.25, 0.3) is 10.2 Å². The van der Waals surface area contributed by atoms with Gasteiger partial charge in [-0.2, -0.15) is 31.6 Å². The number of thiophene rings is 1. The number of carbonyl (C=O) groups excluding carboxylic acids is 2. The number of nitrogens with two attached hydrogens (primary N) is 1. The molecule has 0 saturated heterocycles. The van der Waals surface area contributed by atoms with E-state index in [1.54, 1.807) is 18.4 Å². The van der Waals surface area contributed by atoms with Crippen molar-refractivity contribution in [1.29, 1.82) is 5.26 Å². The number of halogens is 6. The van der Waals surface area contributed by atoms with Gasteiger partial charge in [-0.15, -0.1) is 34.0 Å². The Kier molecular flexibility index (Phi) is 10.7. The van der Waals surface area contributed by atoms with Crippen molar-refractivity contribution >= 4 is 78.5 Å². The highest BCUT2D eigenvalue weighted by atomic mass is 32.2. The number of alkyl halides is 6. The summed E-state index contributed by atoms with van der Waals surface area (Å²) in [7, 11) is 0. The van der Waals surface area contributed by atoms with Crippen LogP contribution in [-0.4, -0.2) is 37.4 Å². The molecule has 0 radical (unpaired) electrons. The molecule has 5 heterocycles.